The van der Waals surface area contributed by atoms with Crippen molar-refractivity contribution in [3.05, 3.63) is 24.5 Å². The predicted octanol–water partition coefficient (Wildman–Crippen LogP) is 1.47. The monoisotopic (exact) mass is 376 g/mol. The molecule has 1 aromatic heterocycles. The first-order valence-electron chi connectivity index (χ1n) is 9.62. The maximum atomic E-state index is 12.7. The summed E-state index contributed by atoms with van der Waals surface area (Å²) < 4.78 is 5.95. The number of hydrogen-bond donors (Lipinski definition) is 1. The smallest absolute Gasteiger partial charge is 0.369 e. The number of carbonyl (C=O) groups excluding carboxylic acids is 2. The minimum absolute atomic E-state index is 0.0349. The van der Waals surface area contributed by atoms with E-state index >= 15 is 0 Å². The predicted molar refractivity (Wildman–Crippen MR) is 99.7 cm³/mol. The summed E-state index contributed by atoms with van der Waals surface area (Å²) in [5, 5.41) is 4.14. The number of nitrogens with zero attached hydrogens (tertiary/aromatic N) is 3. The van der Waals surface area contributed by atoms with E-state index in [1.54, 1.807) is 24.4 Å². The highest BCUT2D eigenvalue weighted by Crippen LogP contribution is 2.25. The zero-order chi connectivity index (χ0) is 19.1. The van der Waals surface area contributed by atoms with Gasteiger partial charge in [0, 0.05) is 31.2 Å². The van der Waals surface area contributed by atoms with E-state index < -0.39 is 11.7 Å². The molecule has 1 saturated heterocycles. The van der Waals surface area contributed by atoms with Crippen molar-refractivity contribution in [3.63, 3.8) is 0 Å². The Morgan fingerprint density at radius 2 is 1.85 bits per heavy atom. The Kier molecular flexibility index (Phi) is 6.63. The largest absolute Gasteiger partial charge is 0.378 e. The van der Waals surface area contributed by atoms with Crippen LogP contribution in [0.25, 0.3) is 0 Å². The molecule has 1 atom stereocenters. The highest BCUT2D eigenvalue weighted by Gasteiger charge is 2.40. The van der Waals surface area contributed by atoms with Gasteiger partial charge >= 0.3 is 5.97 Å². The molecule has 27 heavy (non-hydrogen) atoms. The minimum Gasteiger partial charge on any atom is -0.369 e. The van der Waals surface area contributed by atoms with Crippen LogP contribution in [0.2, 0.25) is 0 Å². The van der Waals surface area contributed by atoms with Crippen molar-refractivity contribution in [2.24, 2.45) is 0 Å². The van der Waals surface area contributed by atoms with Crippen molar-refractivity contribution in [3.8, 4) is 0 Å². The van der Waals surface area contributed by atoms with Crippen LogP contribution in [0.1, 0.15) is 39.0 Å². The van der Waals surface area contributed by atoms with Crippen LogP contribution in [-0.2, 0) is 19.2 Å². The lowest BCUT2D eigenvalue weighted by Gasteiger charge is -2.37. The second kappa shape index (κ2) is 9.14. The van der Waals surface area contributed by atoms with Gasteiger partial charge in [0.1, 0.15) is 0 Å². The lowest BCUT2D eigenvalue weighted by molar-refractivity contribution is -0.225. The van der Waals surface area contributed by atoms with E-state index in [2.05, 4.69) is 15.2 Å². The van der Waals surface area contributed by atoms with Gasteiger partial charge in [-0.25, -0.2) is 4.79 Å². The van der Waals surface area contributed by atoms with Crippen LogP contribution >= 0.6 is 0 Å². The van der Waals surface area contributed by atoms with Gasteiger partial charge in [-0.05, 0) is 31.9 Å². The van der Waals surface area contributed by atoms with E-state index in [4.69, 9.17) is 9.57 Å². The Morgan fingerprint density at radius 1 is 1.19 bits per heavy atom. The molecule has 1 unspecified atom stereocenters. The average Bonchev–Trinajstić information content (AvgIpc) is 2.70. The number of piperazine rings is 1. The van der Waals surface area contributed by atoms with E-state index in [9.17, 15) is 9.59 Å². The van der Waals surface area contributed by atoms with Gasteiger partial charge in [0.15, 0.2) is 0 Å². The lowest BCUT2D eigenvalue weighted by Crippen LogP contribution is -2.57. The number of hydroxylamine groups is 2. The van der Waals surface area contributed by atoms with Crippen LogP contribution < -0.4 is 10.2 Å². The standard InChI is InChI=1S/C19H28N4O4/c1-19(21-15-24,26-17-5-3-2-4-6-17)18(25)27-23-13-11-22(12-14-23)16-7-9-20-10-8-16/h7-10,15,17H,2-6,11-14H2,1H3,(H,21,24). The second-order valence-corrected chi connectivity index (χ2v) is 7.17. The highest BCUT2D eigenvalue weighted by molar-refractivity contribution is 5.80. The van der Waals surface area contributed by atoms with Gasteiger partial charge in [0.25, 0.3) is 0 Å². The molecule has 0 spiro atoms. The summed E-state index contributed by atoms with van der Waals surface area (Å²) in [5.41, 5.74) is -0.365. The molecule has 1 N–H and O–H groups in total. The molecule has 2 aliphatic rings. The minimum atomic E-state index is -1.47. The molecule has 0 bridgehead atoms. The van der Waals surface area contributed by atoms with Crippen molar-refractivity contribution in [2.75, 3.05) is 31.1 Å². The molecule has 2 heterocycles. The number of rotatable bonds is 7. The normalized spacial score (nSPS) is 21.3. The Hall–Kier alpha value is -2.19. The number of pyridine rings is 1. The zero-order valence-corrected chi connectivity index (χ0v) is 15.8. The third-order valence-electron chi connectivity index (χ3n) is 5.16. The van der Waals surface area contributed by atoms with Crippen LogP contribution in [0, 0.1) is 0 Å². The summed E-state index contributed by atoms with van der Waals surface area (Å²) in [6.07, 6.45) is 9.12. The summed E-state index contributed by atoms with van der Waals surface area (Å²) in [5.74, 6) is -0.586. The number of nitrogens with one attached hydrogen (secondary N) is 1. The Labute approximate surface area is 159 Å². The molecule has 2 fully saturated rings. The fourth-order valence-electron chi connectivity index (χ4n) is 3.57. The first kappa shape index (κ1) is 19.6. The van der Waals surface area contributed by atoms with Gasteiger partial charge < -0.3 is 19.8 Å². The molecule has 1 amide bonds. The maximum Gasteiger partial charge on any atom is 0.378 e. The van der Waals surface area contributed by atoms with Crippen LogP contribution in [-0.4, -0.2) is 60.4 Å². The molecular weight excluding hydrogens is 348 g/mol. The highest BCUT2D eigenvalue weighted by atomic mass is 16.7. The second-order valence-electron chi connectivity index (χ2n) is 7.17. The number of amides is 1. The van der Waals surface area contributed by atoms with E-state index in [0.29, 0.717) is 19.5 Å². The maximum absolute atomic E-state index is 12.7. The van der Waals surface area contributed by atoms with Crippen LogP contribution in [0.3, 0.4) is 0 Å². The van der Waals surface area contributed by atoms with Crippen LogP contribution in [0.4, 0.5) is 5.69 Å². The molecule has 1 aromatic rings. The van der Waals surface area contributed by atoms with Crippen LogP contribution in [0.15, 0.2) is 24.5 Å². The third kappa shape index (κ3) is 5.17. The topological polar surface area (TPSA) is 84.0 Å². The number of hydrogen-bond acceptors (Lipinski definition) is 7. The van der Waals surface area contributed by atoms with Gasteiger partial charge in [0.05, 0.1) is 19.2 Å². The number of aromatic nitrogens is 1. The van der Waals surface area contributed by atoms with Gasteiger partial charge in [-0.2, -0.15) is 0 Å². The van der Waals surface area contributed by atoms with Crippen molar-refractivity contribution in [1.82, 2.24) is 15.4 Å². The number of ether oxygens (including phenoxy) is 1. The van der Waals surface area contributed by atoms with Gasteiger partial charge in [-0.15, -0.1) is 5.06 Å². The first-order chi connectivity index (χ1) is 13.1. The SMILES string of the molecule is CC(NC=O)(OC1CCCCC1)C(=O)ON1CCN(c2ccncc2)CC1. The van der Waals surface area contributed by atoms with Gasteiger partial charge in [0.2, 0.25) is 12.1 Å². The zero-order valence-electron chi connectivity index (χ0n) is 15.8. The van der Waals surface area contributed by atoms with Gasteiger partial charge in [-0.3, -0.25) is 9.78 Å². The molecule has 1 aliphatic carbocycles. The van der Waals surface area contributed by atoms with E-state index in [1.807, 2.05) is 12.1 Å². The fraction of sp³-hybridized carbons (Fsp3) is 0.632. The molecule has 8 heteroatoms. The van der Waals surface area contributed by atoms with E-state index in [1.165, 1.54) is 6.42 Å². The molecular formula is C19H28N4O4. The van der Waals surface area contributed by atoms with E-state index in [-0.39, 0.29) is 6.10 Å². The summed E-state index contributed by atoms with van der Waals surface area (Å²) in [6, 6.07) is 3.93. The van der Waals surface area contributed by atoms with E-state index in [0.717, 1.165) is 44.5 Å². The summed E-state index contributed by atoms with van der Waals surface area (Å²) >= 11 is 0. The third-order valence-corrected chi connectivity index (χ3v) is 5.16. The number of carbonyl (C=O) groups is 2. The molecule has 0 radical (unpaired) electrons. The summed E-state index contributed by atoms with van der Waals surface area (Å²) in [4.78, 5) is 35.5. The lowest BCUT2D eigenvalue weighted by atomic mass is 9.97. The Balaban J connectivity index is 1.53. The molecule has 1 aliphatic heterocycles. The fourth-order valence-corrected chi connectivity index (χ4v) is 3.57. The van der Waals surface area contributed by atoms with Gasteiger partial charge in [-0.1, -0.05) is 19.3 Å². The molecule has 148 valence electrons. The van der Waals surface area contributed by atoms with Crippen molar-refractivity contribution in [1.29, 1.82) is 0 Å². The molecule has 1 saturated carbocycles. The van der Waals surface area contributed by atoms with Crippen LogP contribution in [0.5, 0.6) is 0 Å². The first-order valence-corrected chi connectivity index (χ1v) is 9.62. The summed E-state index contributed by atoms with van der Waals surface area (Å²) in [7, 11) is 0. The molecule has 3 rings (SSSR count). The van der Waals surface area contributed by atoms with Crippen molar-refractivity contribution < 1.29 is 19.2 Å². The molecule has 8 nitrogen and oxygen atoms in total. The summed E-state index contributed by atoms with van der Waals surface area (Å²) in [6.45, 7) is 4.19. The van der Waals surface area contributed by atoms with Crippen molar-refractivity contribution >= 4 is 18.1 Å². The number of anilines is 1. The average molecular weight is 376 g/mol. The molecule has 0 aromatic carbocycles. The quantitative estimate of drug-likeness (QED) is 0.570. The Morgan fingerprint density at radius 3 is 2.48 bits per heavy atom. The Bertz CT molecular complexity index is 615. The van der Waals surface area contributed by atoms with Crippen molar-refractivity contribution in [2.45, 2.75) is 50.9 Å².